The third-order valence-corrected chi connectivity index (χ3v) is 6.15. The first-order chi connectivity index (χ1) is 8.05. The van der Waals surface area contributed by atoms with Gasteiger partial charge in [-0.25, -0.2) is 8.42 Å². The minimum Gasteiger partial charge on any atom is -0.326 e. The zero-order chi connectivity index (χ0) is 12.5. The van der Waals surface area contributed by atoms with Gasteiger partial charge in [-0.15, -0.1) is 11.3 Å². The largest absolute Gasteiger partial charge is 0.326 e. The Morgan fingerprint density at radius 3 is 3.00 bits per heavy atom. The highest BCUT2D eigenvalue weighted by Crippen LogP contribution is 2.28. The quantitative estimate of drug-likeness (QED) is 0.911. The molecule has 1 fully saturated rings. The Labute approximate surface area is 106 Å². The smallest absolute Gasteiger partial charge is 0.244 e. The van der Waals surface area contributed by atoms with E-state index in [1.165, 1.54) is 11.3 Å². The van der Waals surface area contributed by atoms with Crippen LogP contribution >= 0.6 is 11.3 Å². The Balaban J connectivity index is 2.30. The topological polar surface area (TPSA) is 63.4 Å². The summed E-state index contributed by atoms with van der Waals surface area (Å²) in [5, 5.41) is 1.79. The van der Waals surface area contributed by atoms with Crippen LogP contribution in [0.2, 0.25) is 0 Å². The maximum atomic E-state index is 12.5. The van der Waals surface area contributed by atoms with Crippen molar-refractivity contribution in [1.82, 2.24) is 4.31 Å². The molecular weight excluding hydrogens is 256 g/mol. The third-order valence-electron chi connectivity index (χ3n) is 3.13. The Bertz CT molecular complexity index is 481. The Morgan fingerprint density at radius 2 is 2.35 bits per heavy atom. The maximum Gasteiger partial charge on any atom is 0.244 e. The van der Waals surface area contributed by atoms with E-state index in [1.54, 1.807) is 15.8 Å². The van der Waals surface area contributed by atoms with Crippen LogP contribution in [0.4, 0.5) is 0 Å². The Morgan fingerprint density at radius 1 is 1.59 bits per heavy atom. The normalized spacial score (nSPS) is 22.8. The van der Waals surface area contributed by atoms with Crippen LogP contribution in [-0.2, 0) is 16.6 Å². The average molecular weight is 274 g/mol. The first-order valence-electron chi connectivity index (χ1n) is 5.82. The fourth-order valence-electron chi connectivity index (χ4n) is 2.21. The SMILES string of the molecule is CC1CCCN(S(=O)(=O)c2ccsc2CN)C1. The molecule has 6 heteroatoms. The minimum absolute atomic E-state index is 0.287. The molecular formula is C11H18N2O2S2. The molecule has 1 atom stereocenters. The van der Waals surface area contributed by atoms with Gasteiger partial charge in [0.25, 0.3) is 0 Å². The molecule has 96 valence electrons. The van der Waals surface area contributed by atoms with Crippen LogP contribution in [0.25, 0.3) is 0 Å². The summed E-state index contributed by atoms with van der Waals surface area (Å²) in [6, 6.07) is 1.67. The molecule has 2 rings (SSSR count). The molecule has 0 bridgehead atoms. The molecule has 1 aliphatic rings. The van der Waals surface area contributed by atoms with Crippen molar-refractivity contribution in [2.24, 2.45) is 11.7 Å². The van der Waals surface area contributed by atoms with E-state index >= 15 is 0 Å². The summed E-state index contributed by atoms with van der Waals surface area (Å²) in [5.74, 6) is 0.443. The van der Waals surface area contributed by atoms with Crippen LogP contribution in [0.5, 0.6) is 0 Å². The molecule has 1 unspecified atom stereocenters. The van der Waals surface area contributed by atoms with Gasteiger partial charge in [0.15, 0.2) is 0 Å². The molecule has 17 heavy (non-hydrogen) atoms. The highest BCUT2D eigenvalue weighted by atomic mass is 32.2. The van der Waals surface area contributed by atoms with Crippen molar-refractivity contribution in [3.05, 3.63) is 16.3 Å². The van der Waals surface area contributed by atoms with E-state index in [0.717, 1.165) is 17.7 Å². The van der Waals surface area contributed by atoms with Crippen molar-refractivity contribution >= 4 is 21.4 Å². The summed E-state index contributed by atoms with van der Waals surface area (Å²) in [5.41, 5.74) is 5.58. The lowest BCUT2D eigenvalue weighted by atomic mass is 10.0. The maximum absolute atomic E-state index is 12.5. The molecule has 2 N–H and O–H groups in total. The predicted octanol–water partition coefficient (Wildman–Crippen LogP) is 1.63. The first kappa shape index (κ1) is 13.0. The Kier molecular flexibility index (Phi) is 3.87. The summed E-state index contributed by atoms with van der Waals surface area (Å²) in [6.45, 7) is 3.64. The van der Waals surface area contributed by atoms with Gasteiger partial charge in [0.05, 0.1) is 4.90 Å². The molecule has 2 heterocycles. The lowest BCUT2D eigenvalue weighted by molar-refractivity contribution is 0.281. The number of sulfonamides is 1. The lowest BCUT2D eigenvalue weighted by Gasteiger charge is -2.30. The Hall–Kier alpha value is -0.430. The molecule has 0 amide bonds. The average Bonchev–Trinajstić information content (AvgIpc) is 2.77. The second-order valence-corrected chi connectivity index (χ2v) is 7.43. The van der Waals surface area contributed by atoms with Crippen molar-refractivity contribution in [2.75, 3.05) is 13.1 Å². The van der Waals surface area contributed by atoms with Crippen LogP contribution in [0.15, 0.2) is 16.3 Å². The number of hydrogen-bond acceptors (Lipinski definition) is 4. The monoisotopic (exact) mass is 274 g/mol. The van der Waals surface area contributed by atoms with Gasteiger partial charge in [0, 0.05) is 24.5 Å². The van der Waals surface area contributed by atoms with Gasteiger partial charge in [-0.05, 0) is 30.2 Å². The van der Waals surface area contributed by atoms with Crippen LogP contribution in [-0.4, -0.2) is 25.8 Å². The van der Waals surface area contributed by atoms with Gasteiger partial charge in [-0.2, -0.15) is 4.31 Å². The van der Waals surface area contributed by atoms with Crippen LogP contribution in [0, 0.1) is 5.92 Å². The highest BCUT2D eigenvalue weighted by Gasteiger charge is 2.30. The second-order valence-electron chi connectivity index (χ2n) is 4.52. The number of hydrogen-bond donors (Lipinski definition) is 1. The van der Waals surface area contributed by atoms with Crippen molar-refractivity contribution in [3.63, 3.8) is 0 Å². The fraction of sp³-hybridized carbons (Fsp3) is 0.636. The highest BCUT2D eigenvalue weighted by molar-refractivity contribution is 7.89. The summed E-state index contributed by atoms with van der Waals surface area (Å²) >= 11 is 1.41. The van der Waals surface area contributed by atoms with Gasteiger partial charge in [0.1, 0.15) is 0 Å². The van der Waals surface area contributed by atoms with E-state index in [0.29, 0.717) is 23.9 Å². The molecule has 1 aromatic heterocycles. The van der Waals surface area contributed by atoms with E-state index in [2.05, 4.69) is 6.92 Å². The van der Waals surface area contributed by atoms with E-state index in [4.69, 9.17) is 5.73 Å². The van der Waals surface area contributed by atoms with E-state index in [-0.39, 0.29) is 6.54 Å². The summed E-state index contributed by atoms with van der Waals surface area (Å²) in [6.07, 6.45) is 2.06. The number of nitrogens with zero attached hydrogens (tertiary/aromatic N) is 1. The van der Waals surface area contributed by atoms with Crippen molar-refractivity contribution in [2.45, 2.75) is 31.2 Å². The van der Waals surface area contributed by atoms with Gasteiger partial charge in [0.2, 0.25) is 10.0 Å². The molecule has 0 aliphatic carbocycles. The number of thiophene rings is 1. The minimum atomic E-state index is -3.33. The zero-order valence-electron chi connectivity index (χ0n) is 9.93. The van der Waals surface area contributed by atoms with Gasteiger partial charge in [-0.1, -0.05) is 6.92 Å². The van der Waals surface area contributed by atoms with Crippen LogP contribution in [0.1, 0.15) is 24.6 Å². The first-order valence-corrected chi connectivity index (χ1v) is 8.14. The zero-order valence-corrected chi connectivity index (χ0v) is 11.6. The predicted molar refractivity (Wildman–Crippen MR) is 69.4 cm³/mol. The molecule has 1 aliphatic heterocycles. The molecule has 1 aromatic rings. The van der Waals surface area contributed by atoms with Crippen molar-refractivity contribution in [1.29, 1.82) is 0 Å². The molecule has 0 spiro atoms. The van der Waals surface area contributed by atoms with Crippen molar-refractivity contribution < 1.29 is 8.42 Å². The molecule has 4 nitrogen and oxygen atoms in total. The van der Waals surface area contributed by atoms with Gasteiger partial charge >= 0.3 is 0 Å². The van der Waals surface area contributed by atoms with Gasteiger partial charge < -0.3 is 5.73 Å². The van der Waals surface area contributed by atoms with Crippen LogP contribution in [0.3, 0.4) is 0 Å². The molecule has 0 radical (unpaired) electrons. The molecule has 0 saturated carbocycles. The molecule has 0 aromatic carbocycles. The van der Waals surface area contributed by atoms with E-state index < -0.39 is 10.0 Å². The standard InChI is InChI=1S/C11H18N2O2S2/c1-9-3-2-5-13(8-9)17(14,15)11-4-6-16-10(11)7-12/h4,6,9H,2-3,5,7-8,12H2,1H3. The number of piperidine rings is 1. The molecule has 1 saturated heterocycles. The second kappa shape index (κ2) is 5.06. The summed E-state index contributed by atoms with van der Waals surface area (Å²) in [7, 11) is -3.33. The van der Waals surface area contributed by atoms with Gasteiger partial charge in [-0.3, -0.25) is 0 Å². The number of rotatable bonds is 3. The number of nitrogens with two attached hydrogens (primary N) is 1. The van der Waals surface area contributed by atoms with Crippen molar-refractivity contribution in [3.8, 4) is 0 Å². The van der Waals surface area contributed by atoms with E-state index in [9.17, 15) is 8.42 Å². The lowest BCUT2D eigenvalue weighted by Crippen LogP contribution is -2.39. The third kappa shape index (κ3) is 2.54. The van der Waals surface area contributed by atoms with Crippen LogP contribution < -0.4 is 5.73 Å². The van der Waals surface area contributed by atoms with E-state index in [1.807, 2.05) is 0 Å². The fourth-order valence-corrected chi connectivity index (χ4v) is 5.12. The summed E-state index contributed by atoms with van der Waals surface area (Å²) < 4.78 is 26.5. The summed E-state index contributed by atoms with van der Waals surface area (Å²) in [4.78, 5) is 1.15.